The third kappa shape index (κ3) is 5.85. The second-order valence-corrected chi connectivity index (χ2v) is 13.4. The average Bonchev–Trinajstić information content (AvgIpc) is 3.37. The first-order chi connectivity index (χ1) is 18.2. The summed E-state index contributed by atoms with van der Waals surface area (Å²) in [6.45, 7) is 2.40. The molecule has 0 aromatic carbocycles. The number of hydrogen-bond donors (Lipinski definition) is 3. The van der Waals surface area contributed by atoms with Crippen molar-refractivity contribution in [3.8, 4) is 10.7 Å². The Labute approximate surface area is 225 Å². The van der Waals surface area contributed by atoms with Gasteiger partial charge in [-0.2, -0.15) is 0 Å². The first kappa shape index (κ1) is 26.6. The summed E-state index contributed by atoms with van der Waals surface area (Å²) in [5.41, 5.74) is 0.814. The molecular weight excluding hydrogens is 527 g/mol. The molecule has 1 aliphatic carbocycles. The van der Waals surface area contributed by atoms with Crippen LogP contribution in [-0.2, 0) is 26.5 Å². The van der Waals surface area contributed by atoms with Gasteiger partial charge in [0.2, 0.25) is 5.91 Å². The number of carbonyl (C=O) groups is 1. The van der Waals surface area contributed by atoms with Crippen LogP contribution in [-0.4, -0.2) is 78.9 Å². The molecule has 2 aliphatic rings. The summed E-state index contributed by atoms with van der Waals surface area (Å²) in [7, 11) is -2.34. The third-order valence-electron chi connectivity index (χ3n) is 7.05. The van der Waals surface area contributed by atoms with Crippen LogP contribution in [0, 0.1) is 5.82 Å². The predicted octanol–water partition coefficient (Wildman–Crippen LogP) is 1.82. The first-order valence-corrected chi connectivity index (χ1v) is 15.4. The van der Waals surface area contributed by atoms with E-state index >= 15 is 0 Å². The van der Waals surface area contributed by atoms with E-state index in [0.29, 0.717) is 54.9 Å². The number of halogens is 1. The average molecular weight is 559 g/mol. The highest BCUT2D eigenvalue weighted by atomic mass is 32.2. The Kier molecular flexibility index (Phi) is 7.70. The molecule has 38 heavy (non-hydrogen) atoms. The van der Waals surface area contributed by atoms with Crippen molar-refractivity contribution in [3.63, 3.8) is 0 Å². The van der Waals surface area contributed by atoms with Crippen molar-refractivity contribution in [3.05, 3.63) is 53.0 Å². The van der Waals surface area contributed by atoms with Crippen molar-refractivity contribution in [2.75, 3.05) is 37.8 Å². The number of carbonyl (C=O) groups excluding carboxylic acids is 1. The maximum absolute atomic E-state index is 14.4. The van der Waals surface area contributed by atoms with E-state index in [0.717, 1.165) is 24.1 Å². The zero-order valence-electron chi connectivity index (χ0n) is 21.2. The molecule has 202 valence electrons. The van der Waals surface area contributed by atoms with Crippen LogP contribution >= 0.6 is 11.3 Å². The molecule has 2 fully saturated rings. The molecule has 1 saturated carbocycles. The van der Waals surface area contributed by atoms with Gasteiger partial charge in [0.1, 0.15) is 28.4 Å². The lowest BCUT2D eigenvalue weighted by atomic mass is 9.66. The minimum atomic E-state index is -2.34. The van der Waals surface area contributed by atoms with Crippen LogP contribution in [0.5, 0.6) is 0 Å². The van der Waals surface area contributed by atoms with Gasteiger partial charge >= 0.3 is 0 Å². The molecule has 10 nitrogen and oxygen atoms in total. The Morgan fingerprint density at radius 2 is 2.16 bits per heavy atom. The van der Waals surface area contributed by atoms with Gasteiger partial charge in [0.25, 0.3) is 0 Å². The molecule has 5 rings (SSSR count). The van der Waals surface area contributed by atoms with Crippen LogP contribution in [0.3, 0.4) is 0 Å². The van der Waals surface area contributed by atoms with E-state index in [1.165, 1.54) is 17.4 Å². The third-order valence-corrected chi connectivity index (χ3v) is 9.50. The summed E-state index contributed by atoms with van der Waals surface area (Å²) in [5.74, 6) is 3.90. The van der Waals surface area contributed by atoms with Gasteiger partial charge in [0, 0.05) is 64.8 Å². The number of pyridine rings is 1. The smallest absolute Gasteiger partial charge is 0.238 e. The lowest BCUT2D eigenvalue weighted by Crippen LogP contribution is -2.57. The Hall–Kier alpha value is -3.00. The molecule has 0 radical (unpaired) electrons. The normalized spacial score (nSPS) is 20.7. The van der Waals surface area contributed by atoms with Crippen molar-refractivity contribution < 1.29 is 13.4 Å². The largest absolute Gasteiger partial charge is 0.368 e. The van der Waals surface area contributed by atoms with Gasteiger partial charge in [0.05, 0.1) is 12.2 Å². The van der Waals surface area contributed by atoms with Gasteiger partial charge in [-0.3, -0.25) is 14.0 Å². The summed E-state index contributed by atoms with van der Waals surface area (Å²) in [6, 6.07) is 6.29. The Morgan fingerprint density at radius 1 is 1.32 bits per heavy atom. The van der Waals surface area contributed by atoms with Crippen LogP contribution in [0.4, 0.5) is 10.2 Å². The van der Waals surface area contributed by atoms with Crippen LogP contribution in [0.2, 0.25) is 0 Å². The minimum absolute atomic E-state index is 0.154. The fourth-order valence-electron chi connectivity index (χ4n) is 4.73. The molecular formula is C25H31FN8O2S2. The van der Waals surface area contributed by atoms with E-state index in [9.17, 15) is 13.4 Å². The molecule has 2 atom stereocenters. The number of anilines is 1. The van der Waals surface area contributed by atoms with Crippen LogP contribution in [0.25, 0.3) is 10.7 Å². The van der Waals surface area contributed by atoms with E-state index < -0.39 is 15.7 Å². The Balaban J connectivity index is 1.15. The van der Waals surface area contributed by atoms with Crippen LogP contribution in [0.1, 0.15) is 29.8 Å². The topological polar surface area (TPSA) is 125 Å². The number of hydrogen-bond acceptors (Lipinski definition) is 9. The molecule has 1 amide bonds. The van der Waals surface area contributed by atoms with E-state index in [1.54, 1.807) is 29.0 Å². The molecule has 13 heteroatoms. The van der Waals surface area contributed by atoms with E-state index in [2.05, 4.69) is 42.0 Å². The van der Waals surface area contributed by atoms with Crippen molar-refractivity contribution in [2.45, 2.75) is 37.3 Å². The van der Waals surface area contributed by atoms with Crippen LogP contribution < -0.4 is 16.0 Å². The molecule has 3 aromatic heterocycles. The zero-order chi connectivity index (χ0) is 26.8. The molecule has 3 N–H and O–H groups in total. The fourth-order valence-corrected chi connectivity index (χ4v) is 6.49. The first-order valence-electron chi connectivity index (χ1n) is 12.5. The highest BCUT2D eigenvalue weighted by molar-refractivity contribution is 7.97. The van der Waals surface area contributed by atoms with Crippen molar-refractivity contribution in [1.29, 1.82) is 0 Å². The predicted molar refractivity (Wildman–Crippen MR) is 148 cm³/mol. The molecule has 1 unspecified atom stereocenters. The summed E-state index contributed by atoms with van der Waals surface area (Å²) in [4.78, 5) is 22.3. The zero-order valence-corrected chi connectivity index (χ0v) is 22.8. The van der Waals surface area contributed by atoms with Gasteiger partial charge in [0.15, 0.2) is 0 Å². The molecule has 1 aliphatic heterocycles. The maximum atomic E-state index is 14.4. The number of thiazole rings is 1. The lowest BCUT2D eigenvalue weighted by Gasteiger charge is -2.41. The number of amides is 1. The lowest BCUT2D eigenvalue weighted by molar-refractivity contribution is -0.123. The quantitative estimate of drug-likeness (QED) is 0.340. The monoisotopic (exact) mass is 558 g/mol. The second-order valence-electron chi connectivity index (χ2n) is 9.83. The Bertz CT molecular complexity index is 1390. The molecule has 1 saturated heterocycles. The standard InChI is InChI=1S/C25H31FN8O2S2/c1-38(2,36)34-12-11-27-20(15-34)23(35)29-13-17-14-30-24(37-17)19-6-7-21(33-32-19)31-16-25(8-4-9-25)22-18(26)5-3-10-28-22/h3,5-7,10,14,20,27H,1,4,8-9,11-13,15-16H2,2H3,(H,29,35)(H,31,33)/t20-,38?/m0/s1. The number of piperazine rings is 1. The van der Waals surface area contributed by atoms with Gasteiger partial charge in [-0.05, 0) is 43.0 Å². The second kappa shape index (κ2) is 11.0. The van der Waals surface area contributed by atoms with E-state index in [1.807, 2.05) is 12.1 Å². The SMILES string of the molecule is C=S(C)(=O)N1CCN[C@H](C(=O)NCc2cnc(-c3ccc(NCC4(c5ncccc5F)CCC4)nn3)s2)C1. The van der Waals surface area contributed by atoms with Gasteiger partial charge < -0.3 is 16.0 Å². The molecule has 3 aromatic rings. The Morgan fingerprint density at radius 3 is 2.84 bits per heavy atom. The molecule has 4 heterocycles. The number of nitrogens with one attached hydrogen (secondary N) is 3. The number of rotatable bonds is 9. The number of nitrogens with zero attached hydrogens (tertiary/aromatic N) is 5. The highest BCUT2D eigenvalue weighted by Crippen LogP contribution is 2.43. The van der Waals surface area contributed by atoms with Crippen molar-refractivity contribution in [2.24, 2.45) is 0 Å². The summed E-state index contributed by atoms with van der Waals surface area (Å²) < 4.78 is 28.3. The fraction of sp³-hybridized carbons (Fsp3) is 0.440. The van der Waals surface area contributed by atoms with Gasteiger partial charge in [-0.25, -0.2) is 13.7 Å². The number of aromatic nitrogens is 4. The van der Waals surface area contributed by atoms with E-state index in [4.69, 9.17) is 0 Å². The van der Waals surface area contributed by atoms with Gasteiger partial charge in [-0.15, -0.1) is 21.5 Å². The van der Waals surface area contributed by atoms with Crippen molar-refractivity contribution in [1.82, 2.24) is 35.1 Å². The molecule has 0 bridgehead atoms. The maximum Gasteiger partial charge on any atom is 0.238 e. The summed E-state index contributed by atoms with van der Waals surface area (Å²) >= 11 is 1.43. The van der Waals surface area contributed by atoms with Crippen molar-refractivity contribution >= 4 is 38.6 Å². The van der Waals surface area contributed by atoms with Crippen LogP contribution in [0.15, 0.2) is 36.7 Å². The minimum Gasteiger partial charge on any atom is -0.368 e. The summed E-state index contributed by atoms with van der Waals surface area (Å²) in [6.07, 6.45) is 7.73. The summed E-state index contributed by atoms with van der Waals surface area (Å²) in [5, 5.41) is 18.7. The van der Waals surface area contributed by atoms with Gasteiger partial charge in [-0.1, -0.05) is 6.42 Å². The van der Waals surface area contributed by atoms with E-state index in [-0.39, 0.29) is 17.1 Å². The molecule has 0 spiro atoms. The highest BCUT2D eigenvalue weighted by Gasteiger charge is 2.41.